The Morgan fingerprint density at radius 1 is 1.50 bits per heavy atom. The zero-order chi connectivity index (χ0) is 14.5. The predicted octanol–water partition coefficient (Wildman–Crippen LogP) is 0.509. The van der Waals surface area contributed by atoms with Crippen LogP contribution >= 0.6 is 0 Å². The molecule has 2 rings (SSSR count). The van der Waals surface area contributed by atoms with Crippen LogP contribution in [0.15, 0.2) is 47.8 Å². The van der Waals surface area contributed by atoms with E-state index in [0.717, 1.165) is 0 Å². The number of nitrogens with zero attached hydrogens (tertiary/aromatic N) is 1. The van der Waals surface area contributed by atoms with Gasteiger partial charge >= 0.3 is 0 Å². The summed E-state index contributed by atoms with van der Waals surface area (Å²) in [5.74, 6) is 0.491. The molecule has 106 valence electrons. The largest absolute Gasteiger partial charge is 0.462 e. The first-order valence-electron chi connectivity index (χ1n) is 6.31. The summed E-state index contributed by atoms with van der Waals surface area (Å²) in [7, 11) is 0. The van der Waals surface area contributed by atoms with Gasteiger partial charge in [0.05, 0.1) is 0 Å². The lowest BCUT2D eigenvalue weighted by atomic mass is 10.00. The molecule has 0 fully saturated rings. The quantitative estimate of drug-likeness (QED) is 0.781. The van der Waals surface area contributed by atoms with Crippen molar-refractivity contribution >= 4 is 11.7 Å². The monoisotopic (exact) mass is 275 g/mol. The van der Waals surface area contributed by atoms with E-state index in [1.807, 2.05) is 4.90 Å². The van der Waals surface area contributed by atoms with Crippen LogP contribution in [0.4, 0.5) is 0 Å². The van der Waals surface area contributed by atoms with E-state index in [-0.39, 0.29) is 18.1 Å². The minimum absolute atomic E-state index is 0.00181. The Labute approximate surface area is 117 Å². The maximum Gasteiger partial charge on any atom is 0.216 e. The summed E-state index contributed by atoms with van der Waals surface area (Å²) in [6.07, 6.45) is 8.35. The lowest BCUT2D eigenvalue weighted by molar-refractivity contribution is -0.119. The molecule has 0 bridgehead atoms. The molecule has 6 nitrogen and oxygen atoms in total. The van der Waals surface area contributed by atoms with Crippen molar-refractivity contribution in [2.45, 2.75) is 13.3 Å². The van der Waals surface area contributed by atoms with Gasteiger partial charge in [-0.3, -0.25) is 9.59 Å². The summed E-state index contributed by atoms with van der Waals surface area (Å²) in [5, 5.41) is 2.72. The molecule has 1 heterocycles. The van der Waals surface area contributed by atoms with Crippen LogP contribution < -0.4 is 11.1 Å². The van der Waals surface area contributed by atoms with Crippen molar-refractivity contribution in [1.82, 2.24) is 10.2 Å². The Hall–Kier alpha value is -2.50. The van der Waals surface area contributed by atoms with Gasteiger partial charge in [0.25, 0.3) is 0 Å². The molecule has 1 amide bonds. The second-order valence-corrected chi connectivity index (χ2v) is 4.53. The molecule has 0 radical (unpaired) electrons. The first-order chi connectivity index (χ1) is 9.56. The van der Waals surface area contributed by atoms with Gasteiger partial charge in [-0.2, -0.15) is 0 Å². The summed E-state index contributed by atoms with van der Waals surface area (Å²) in [5.41, 5.74) is 7.10. The van der Waals surface area contributed by atoms with E-state index in [2.05, 4.69) is 5.32 Å². The van der Waals surface area contributed by atoms with Crippen molar-refractivity contribution in [2.75, 3.05) is 13.1 Å². The van der Waals surface area contributed by atoms with Crippen molar-refractivity contribution in [2.24, 2.45) is 5.73 Å². The second-order valence-electron chi connectivity index (χ2n) is 4.53. The normalized spacial score (nSPS) is 17.9. The highest BCUT2D eigenvalue weighted by molar-refractivity contribution is 5.94. The van der Waals surface area contributed by atoms with Gasteiger partial charge < -0.3 is 20.7 Å². The van der Waals surface area contributed by atoms with Crippen LogP contribution in [0, 0.1) is 0 Å². The Bertz CT molecular complexity index is 544. The fourth-order valence-corrected chi connectivity index (χ4v) is 1.90. The Morgan fingerprint density at radius 2 is 2.30 bits per heavy atom. The Morgan fingerprint density at radius 3 is 3.05 bits per heavy atom. The zero-order valence-electron chi connectivity index (χ0n) is 11.3. The topological polar surface area (TPSA) is 84.7 Å². The average Bonchev–Trinajstić information content (AvgIpc) is 2.41. The molecular formula is C14H17N3O3. The third kappa shape index (κ3) is 3.50. The molecule has 3 N–H and O–H groups in total. The van der Waals surface area contributed by atoms with Gasteiger partial charge in [0.1, 0.15) is 12.0 Å². The van der Waals surface area contributed by atoms with Gasteiger partial charge in [-0.15, -0.1) is 0 Å². The minimum Gasteiger partial charge on any atom is -0.462 e. The van der Waals surface area contributed by atoms with Crippen LogP contribution in [-0.4, -0.2) is 29.7 Å². The number of hydrogen-bond acceptors (Lipinski definition) is 5. The molecule has 0 unspecified atom stereocenters. The molecule has 0 saturated carbocycles. The van der Waals surface area contributed by atoms with Crippen molar-refractivity contribution in [1.29, 1.82) is 0 Å². The summed E-state index contributed by atoms with van der Waals surface area (Å²) < 4.78 is 5.42. The van der Waals surface area contributed by atoms with Crippen LogP contribution in [0.3, 0.4) is 0 Å². The number of nitrogens with two attached hydrogens (primary N) is 1. The number of carbonyl (C=O) groups is 2. The molecule has 0 aromatic rings. The Balaban J connectivity index is 2.05. The smallest absolute Gasteiger partial charge is 0.216 e. The number of rotatable bonds is 4. The number of nitrogens with one attached hydrogen (secondary N) is 1. The van der Waals surface area contributed by atoms with Gasteiger partial charge in [-0.25, -0.2) is 0 Å². The van der Waals surface area contributed by atoms with Gasteiger partial charge in [0.15, 0.2) is 5.78 Å². The standard InChI is InChI=1S/C14H17N3O3/c1-10(18)16-4-5-17-6-7-20-14(9-17)12-8-11(19)2-3-13(12)15/h2-3,6-7,9H,4-5,8,15H2,1H3,(H,16,18). The van der Waals surface area contributed by atoms with Crippen LogP contribution in [0.1, 0.15) is 13.3 Å². The summed E-state index contributed by atoms with van der Waals surface area (Å²) >= 11 is 0. The maximum absolute atomic E-state index is 11.5. The van der Waals surface area contributed by atoms with E-state index in [4.69, 9.17) is 10.5 Å². The fourth-order valence-electron chi connectivity index (χ4n) is 1.90. The van der Waals surface area contributed by atoms with E-state index in [0.29, 0.717) is 30.1 Å². The minimum atomic E-state index is -0.0681. The Kier molecular flexibility index (Phi) is 4.24. The summed E-state index contributed by atoms with van der Waals surface area (Å²) in [6, 6.07) is 0. The number of amides is 1. The molecule has 0 saturated heterocycles. The maximum atomic E-state index is 11.5. The van der Waals surface area contributed by atoms with Crippen LogP contribution in [-0.2, 0) is 14.3 Å². The lowest BCUT2D eigenvalue weighted by Gasteiger charge is -2.23. The average molecular weight is 275 g/mol. The number of ether oxygens (including phenoxy) is 1. The molecule has 2 aliphatic rings. The first kappa shape index (κ1) is 13.9. The van der Waals surface area contributed by atoms with Crippen molar-refractivity contribution in [3.63, 3.8) is 0 Å². The summed E-state index contributed by atoms with van der Waals surface area (Å²) in [6.45, 7) is 2.61. The second kappa shape index (κ2) is 6.10. The van der Waals surface area contributed by atoms with E-state index in [9.17, 15) is 9.59 Å². The SMILES string of the molecule is CC(=O)NCCN1C=COC(C2=C(N)C=CC(=O)C2)=C1. The van der Waals surface area contributed by atoms with Gasteiger partial charge in [-0.1, -0.05) is 0 Å². The third-order valence-corrected chi connectivity index (χ3v) is 2.92. The van der Waals surface area contributed by atoms with Crippen molar-refractivity contribution in [3.05, 3.63) is 47.8 Å². The molecular weight excluding hydrogens is 258 g/mol. The van der Waals surface area contributed by atoms with Crippen LogP contribution in [0.25, 0.3) is 0 Å². The molecule has 0 aromatic heterocycles. The van der Waals surface area contributed by atoms with Gasteiger partial charge in [0.2, 0.25) is 5.91 Å². The van der Waals surface area contributed by atoms with Crippen molar-refractivity contribution in [3.8, 4) is 0 Å². The van der Waals surface area contributed by atoms with E-state index in [1.54, 1.807) is 18.5 Å². The van der Waals surface area contributed by atoms with Crippen LogP contribution in [0.2, 0.25) is 0 Å². The predicted molar refractivity (Wildman–Crippen MR) is 73.7 cm³/mol. The number of allylic oxidation sites excluding steroid dienone is 3. The molecule has 1 aliphatic carbocycles. The number of hydrogen-bond donors (Lipinski definition) is 2. The first-order valence-corrected chi connectivity index (χ1v) is 6.31. The molecule has 1 aliphatic heterocycles. The van der Waals surface area contributed by atoms with Crippen LogP contribution in [0.5, 0.6) is 0 Å². The lowest BCUT2D eigenvalue weighted by Crippen LogP contribution is -2.30. The highest BCUT2D eigenvalue weighted by atomic mass is 16.5. The molecule has 0 aromatic carbocycles. The molecule has 20 heavy (non-hydrogen) atoms. The highest BCUT2D eigenvalue weighted by Gasteiger charge is 2.19. The van der Waals surface area contributed by atoms with Gasteiger partial charge in [0, 0.05) is 50.1 Å². The third-order valence-electron chi connectivity index (χ3n) is 2.92. The van der Waals surface area contributed by atoms with E-state index < -0.39 is 0 Å². The van der Waals surface area contributed by atoms with E-state index in [1.165, 1.54) is 19.3 Å². The van der Waals surface area contributed by atoms with Crippen molar-refractivity contribution < 1.29 is 14.3 Å². The zero-order valence-corrected chi connectivity index (χ0v) is 11.3. The number of carbonyl (C=O) groups excluding carboxylic acids is 2. The summed E-state index contributed by atoms with van der Waals surface area (Å²) in [4.78, 5) is 24.1. The number of ketones is 1. The van der Waals surface area contributed by atoms with E-state index >= 15 is 0 Å². The molecule has 0 atom stereocenters. The fraction of sp³-hybridized carbons (Fsp3) is 0.286. The highest BCUT2D eigenvalue weighted by Crippen LogP contribution is 2.25. The molecule has 6 heteroatoms. The molecule has 0 spiro atoms. The van der Waals surface area contributed by atoms with Gasteiger partial charge in [-0.05, 0) is 12.2 Å².